The zero-order valence-corrected chi connectivity index (χ0v) is 13.4. The Balaban J connectivity index is 1.98. The summed E-state index contributed by atoms with van der Waals surface area (Å²) in [6, 6.07) is 6.70. The van der Waals surface area contributed by atoms with Crippen LogP contribution in [-0.2, 0) is 0 Å². The van der Waals surface area contributed by atoms with Crippen LogP contribution in [0.1, 0.15) is 39.5 Å². The van der Waals surface area contributed by atoms with Crippen molar-refractivity contribution in [3.05, 3.63) is 27.7 Å². The van der Waals surface area contributed by atoms with E-state index in [0.29, 0.717) is 6.04 Å². The van der Waals surface area contributed by atoms with Crippen LogP contribution in [0.5, 0.6) is 0 Å². The van der Waals surface area contributed by atoms with Crippen molar-refractivity contribution >= 4 is 33.2 Å². The van der Waals surface area contributed by atoms with Crippen LogP contribution < -0.4 is 5.32 Å². The number of hydrogen-bond acceptors (Lipinski definition) is 1. The minimum atomic E-state index is 0.600. The molecule has 2 rings (SSSR count). The van der Waals surface area contributed by atoms with E-state index in [0.717, 1.165) is 27.0 Å². The predicted octanol–water partition coefficient (Wildman–Crippen LogP) is 5.73. The van der Waals surface area contributed by atoms with Gasteiger partial charge in [-0.3, -0.25) is 0 Å². The molecular formula is C15H21BrClN. The number of anilines is 1. The second kappa shape index (κ2) is 6.29. The molecule has 0 aromatic heterocycles. The number of hydrogen-bond donors (Lipinski definition) is 1. The van der Waals surface area contributed by atoms with Gasteiger partial charge in [-0.05, 0) is 58.8 Å². The van der Waals surface area contributed by atoms with Crippen molar-refractivity contribution in [1.82, 2.24) is 0 Å². The molecule has 1 aromatic rings. The van der Waals surface area contributed by atoms with Crippen molar-refractivity contribution in [2.24, 2.45) is 11.8 Å². The minimum Gasteiger partial charge on any atom is -0.382 e. The lowest BCUT2D eigenvalue weighted by atomic mass is 9.79. The number of benzene rings is 1. The predicted molar refractivity (Wildman–Crippen MR) is 83.4 cm³/mol. The number of halogens is 2. The highest BCUT2D eigenvalue weighted by atomic mass is 79.9. The Hall–Kier alpha value is -0.210. The summed E-state index contributed by atoms with van der Waals surface area (Å²) >= 11 is 9.55. The summed E-state index contributed by atoms with van der Waals surface area (Å²) in [4.78, 5) is 0. The van der Waals surface area contributed by atoms with Crippen molar-refractivity contribution in [2.75, 3.05) is 5.32 Å². The summed E-state index contributed by atoms with van der Waals surface area (Å²) in [7, 11) is 0. The fourth-order valence-electron chi connectivity index (χ4n) is 2.79. The third-order valence-corrected chi connectivity index (χ3v) is 5.18. The highest BCUT2D eigenvalue weighted by Crippen LogP contribution is 2.32. The van der Waals surface area contributed by atoms with Crippen molar-refractivity contribution in [1.29, 1.82) is 0 Å². The molecule has 0 saturated heterocycles. The molecule has 0 bridgehead atoms. The molecule has 1 N–H and O–H groups in total. The van der Waals surface area contributed by atoms with E-state index in [2.05, 4.69) is 41.2 Å². The van der Waals surface area contributed by atoms with Crippen LogP contribution in [0.3, 0.4) is 0 Å². The van der Waals surface area contributed by atoms with Crippen LogP contribution in [0.2, 0.25) is 5.02 Å². The van der Waals surface area contributed by atoms with Crippen LogP contribution in [0, 0.1) is 11.8 Å². The quantitative estimate of drug-likeness (QED) is 0.746. The Morgan fingerprint density at radius 3 is 2.78 bits per heavy atom. The van der Waals surface area contributed by atoms with Gasteiger partial charge in [0.05, 0.1) is 5.02 Å². The molecule has 1 aliphatic rings. The lowest BCUT2D eigenvalue weighted by Crippen LogP contribution is -2.29. The standard InChI is InChI=1S/C15H21BrClN/c1-10(2)11-4-3-5-12(8-11)18-13-6-7-14(16)15(17)9-13/h6-7,9-12,18H,3-5,8H2,1-2H3. The van der Waals surface area contributed by atoms with E-state index in [1.54, 1.807) is 0 Å². The summed E-state index contributed by atoms with van der Waals surface area (Å²) in [5.74, 6) is 1.66. The van der Waals surface area contributed by atoms with Crippen LogP contribution in [0.4, 0.5) is 5.69 Å². The van der Waals surface area contributed by atoms with Gasteiger partial charge in [-0.15, -0.1) is 0 Å². The van der Waals surface area contributed by atoms with Gasteiger partial charge in [0.2, 0.25) is 0 Å². The molecule has 0 aliphatic heterocycles. The zero-order chi connectivity index (χ0) is 13.1. The van der Waals surface area contributed by atoms with Gasteiger partial charge in [0, 0.05) is 16.2 Å². The first-order valence-electron chi connectivity index (χ1n) is 6.78. The van der Waals surface area contributed by atoms with E-state index >= 15 is 0 Å². The number of rotatable bonds is 3. The first kappa shape index (κ1) is 14.2. The molecule has 1 fully saturated rings. The summed E-state index contributed by atoms with van der Waals surface area (Å²) in [6.45, 7) is 4.67. The maximum absolute atomic E-state index is 6.12. The van der Waals surface area contributed by atoms with Gasteiger partial charge in [0.1, 0.15) is 0 Å². The van der Waals surface area contributed by atoms with Gasteiger partial charge >= 0.3 is 0 Å². The second-order valence-corrected chi connectivity index (χ2v) is 6.90. The molecule has 1 aliphatic carbocycles. The third kappa shape index (κ3) is 3.64. The molecule has 2 atom stereocenters. The molecule has 0 spiro atoms. The van der Waals surface area contributed by atoms with Gasteiger partial charge in [0.15, 0.2) is 0 Å². The normalized spacial score (nSPS) is 24.3. The first-order chi connectivity index (χ1) is 8.56. The third-order valence-electron chi connectivity index (χ3n) is 3.95. The van der Waals surface area contributed by atoms with Crippen molar-refractivity contribution < 1.29 is 0 Å². The van der Waals surface area contributed by atoms with Gasteiger partial charge in [-0.1, -0.05) is 38.3 Å². The molecule has 1 saturated carbocycles. The van der Waals surface area contributed by atoms with Crippen molar-refractivity contribution in [3.8, 4) is 0 Å². The Labute approximate surface area is 123 Å². The Bertz CT molecular complexity index is 405. The zero-order valence-electron chi connectivity index (χ0n) is 11.0. The van der Waals surface area contributed by atoms with Crippen LogP contribution in [-0.4, -0.2) is 6.04 Å². The summed E-state index contributed by atoms with van der Waals surface area (Å²) < 4.78 is 0.957. The highest BCUT2D eigenvalue weighted by molar-refractivity contribution is 9.10. The smallest absolute Gasteiger partial charge is 0.0568 e. The topological polar surface area (TPSA) is 12.0 Å². The Kier molecular flexibility index (Phi) is 4.97. The lowest BCUT2D eigenvalue weighted by molar-refractivity contribution is 0.264. The first-order valence-corrected chi connectivity index (χ1v) is 7.95. The molecule has 2 unspecified atom stereocenters. The molecule has 3 heteroatoms. The largest absolute Gasteiger partial charge is 0.382 e. The van der Waals surface area contributed by atoms with Crippen molar-refractivity contribution in [2.45, 2.75) is 45.6 Å². The Morgan fingerprint density at radius 2 is 2.11 bits per heavy atom. The minimum absolute atomic E-state index is 0.600. The molecule has 18 heavy (non-hydrogen) atoms. The average molecular weight is 331 g/mol. The molecule has 1 aromatic carbocycles. The van der Waals surface area contributed by atoms with Crippen LogP contribution >= 0.6 is 27.5 Å². The molecule has 0 amide bonds. The molecule has 100 valence electrons. The van der Waals surface area contributed by atoms with Crippen LogP contribution in [0.25, 0.3) is 0 Å². The molecule has 1 nitrogen and oxygen atoms in total. The van der Waals surface area contributed by atoms with E-state index < -0.39 is 0 Å². The second-order valence-electron chi connectivity index (χ2n) is 5.64. The van der Waals surface area contributed by atoms with E-state index in [4.69, 9.17) is 11.6 Å². The van der Waals surface area contributed by atoms with Gasteiger partial charge in [-0.2, -0.15) is 0 Å². The summed E-state index contributed by atoms with van der Waals surface area (Å²) in [5, 5.41) is 4.40. The van der Waals surface area contributed by atoms with Gasteiger partial charge in [-0.25, -0.2) is 0 Å². The maximum atomic E-state index is 6.12. The molecular weight excluding hydrogens is 310 g/mol. The molecule has 0 radical (unpaired) electrons. The van der Waals surface area contributed by atoms with Gasteiger partial charge in [0.25, 0.3) is 0 Å². The lowest BCUT2D eigenvalue weighted by Gasteiger charge is -2.32. The van der Waals surface area contributed by atoms with Gasteiger partial charge < -0.3 is 5.32 Å². The maximum Gasteiger partial charge on any atom is 0.0568 e. The van der Waals surface area contributed by atoms with E-state index in [9.17, 15) is 0 Å². The summed E-state index contributed by atoms with van der Waals surface area (Å²) in [6.07, 6.45) is 5.28. The fraction of sp³-hybridized carbons (Fsp3) is 0.600. The SMILES string of the molecule is CC(C)C1CCCC(Nc2ccc(Br)c(Cl)c2)C1. The van der Waals surface area contributed by atoms with Crippen molar-refractivity contribution in [3.63, 3.8) is 0 Å². The average Bonchev–Trinajstić information content (AvgIpc) is 2.34. The molecule has 0 heterocycles. The van der Waals surface area contributed by atoms with E-state index in [1.807, 2.05) is 12.1 Å². The summed E-state index contributed by atoms with van der Waals surface area (Å²) in [5.41, 5.74) is 1.14. The Morgan fingerprint density at radius 1 is 1.33 bits per heavy atom. The van der Waals surface area contributed by atoms with Crippen LogP contribution in [0.15, 0.2) is 22.7 Å². The fourth-order valence-corrected chi connectivity index (χ4v) is 3.21. The monoisotopic (exact) mass is 329 g/mol. The van der Waals surface area contributed by atoms with E-state index in [1.165, 1.54) is 25.7 Å². The van der Waals surface area contributed by atoms with E-state index in [-0.39, 0.29) is 0 Å². The highest BCUT2D eigenvalue weighted by Gasteiger charge is 2.23. The number of nitrogens with one attached hydrogen (secondary N) is 1.